The van der Waals surface area contributed by atoms with Gasteiger partial charge in [0.25, 0.3) is 0 Å². The second-order valence-corrected chi connectivity index (χ2v) is 5.86. The Morgan fingerprint density at radius 3 is 2.74 bits per heavy atom. The molecule has 1 spiro atoms. The van der Waals surface area contributed by atoms with Gasteiger partial charge in [-0.15, -0.1) is 0 Å². The standard InChI is InChI=1S/C18H17NO4/c1-19-11-18(23-17(19)20)14-6-4-3-5-12(14)10-22-16-8-7-13(21-2)9-15(16)18/h3-9H,10-11H2,1-2H3. The maximum absolute atomic E-state index is 12.2. The van der Waals surface area contributed by atoms with E-state index in [1.807, 2.05) is 42.5 Å². The van der Waals surface area contributed by atoms with Gasteiger partial charge in [0, 0.05) is 18.2 Å². The zero-order chi connectivity index (χ0) is 16.0. The first kappa shape index (κ1) is 13.9. The van der Waals surface area contributed by atoms with Gasteiger partial charge in [-0.1, -0.05) is 24.3 Å². The summed E-state index contributed by atoms with van der Waals surface area (Å²) in [6.07, 6.45) is -0.338. The molecule has 2 aromatic carbocycles. The number of benzene rings is 2. The van der Waals surface area contributed by atoms with Gasteiger partial charge in [0.15, 0.2) is 5.60 Å². The molecule has 0 bridgehead atoms. The lowest BCUT2D eigenvalue weighted by atomic mass is 9.83. The van der Waals surface area contributed by atoms with Gasteiger partial charge in [-0.3, -0.25) is 0 Å². The summed E-state index contributed by atoms with van der Waals surface area (Å²) in [5.74, 6) is 1.42. The SMILES string of the molecule is COc1ccc2c(c1)C1(CN(C)C(=O)O1)c1ccccc1CO2. The summed E-state index contributed by atoms with van der Waals surface area (Å²) in [6, 6.07) is 13.5. The topological polar surface area (TPSA) is 48.0 Å². The summed E-state index contributed by atoms with van der Waals surface area (Å²) in [5, 5.41) is 0. The minimum absolute atomic E-state index is 0.338. The number of likely N-dealkylation sites (N-methyl/N-ethyl adjacent to an activating group) is 1. The molecule has 0 radical (unpaired) electrons. The number of fused-ring (bicyclic) bond motifs is 4. The van der Waals surface area contributed by atoms with E-state index in [9.17, 15) is 4.79 Å². The van der Waals surface area contributed by atoms with E-state index in [4.69, 9.17) is 14.2 Å². The fourth-order valence-electron chi connectivity index (χ4n) is 3.36. The number of rotatable bonds is 1. The number of nitrogens with zero attached hydrogens (tertiary/aromatic N) is 1. The molecule has 2 aromatic rings. The van der Waals surface area contributed by atoms with Crippen LogP contribution in [0.5, 0.6) is 11.5 Å². The lowest BCUT2D eigenvalue weighted by molar-refractivity contribution is 0.0855. The Morgan fingerprint density at radius 2 is 2.00 bits per heavy atom. The molecule has 2 heterocycles. The van der Waals surface area contributed by atoms with Crippen molar-refractivity contribution in [2.45, 2.75) is 12.2 Å². The van der Waals surface area contributed by atoms with Crippen molar-refractivity contribution in [2.75, 3.05) is 20.7 Å². The highest BCUT2D eigenvalue weighted by Gasteiger charge is 2.50. The molecule has 0 aromatic heterocycles. The van der Waals surface area contributed by atoms with Gasteiger partial charge < -0.3 is 19.1 Å². The molecule has 0 saturated carbocycles. The lowest BCUT2D eigenvalue weighted by Gasteiger charge is -2.28. The molecule has 1 unspecified atom stereocenters. The first-order chi connectivity index (χ1) is 11.1. The van der Waals surface area contributed by atoms with Crippen molar-refractivity contribution in [2.24, 2.45) is 0 Å². The predicted molar refractivity (Wildman–Crippen MR) is 83.7 cm³/mol. The molecule has 1 fully saturated rings. The van der Waals surface area contributed by atoms with Gasteiger partial charge >= 0.3 is 6.09 Å². The van der Waals surface area contributed by atoms with Crippen LogP contribution in [0, 0.1) is 0 Å². The number of hydrogen-bond donors (Lipinski definition) is 0. The minimum atomic E-state index is -0.872. The van der Waals surface area contributed by atoms with Gasteiger partial charge in [-0.2, -0.15) is 0 Å². The summed E-state index contributed by atoms with van der Waals surface area (Å²) in [5.41, 5.74) is 1.93. The first-order valence-corrected chi connectivity index (χ1v) is 7.48. The van der Waals surface area contributed by atoms with E-state index in [2.05, 4.69) is 0 Å². The van der Waals surface area contributed by atoms with E-state index >= 15 is 0 Å². The molecule has 118 valence electrons. The monoisotopic (exact) mass is 311 g/mol. The summed E-state index contributed by atoms with van der Waals surface area (Å²) >= 11 is 0. The van der Waals surface area contributed by atoms with Crippen LogP contribution in [-0.2, 0) is 16.9 Å². The van der Waals surface area contributed by atoms with Crippen LogP contribution in [0.2, 0.25) is 0 Å². The molecule has 2 aliphatic heterocycles. The highest BCUT2D eigenvalue weighted by Crippen LogP contribution is 2.47. The third-order valence-electron chi connectivity index (χ3n) is 4.49. The van der Waals surface area contributed by atoms with Gasteiger partial charge in [-0.05, 0) is 23.8 Å². The summed E-state index contributed by atoms with van der Waals surface area (Å²) in [4.78, 5) is 13.8. The third kappa shape index (κ3) is 1.96. The van der Waals surface area contributed by atoms with Crippen LogP contribution in [-0.4, -0.2) is 31.7 Å². The largest absolute Gasteiger partial charge is 0.497 e. The van der Waals surface area contributed by atoms with Gasteiger partial charge in [0.05, 0.1) is 13.7 Å². The molecule has 1 amide bonds. The number of methoxy groups -OCH3 is 1. The second-order valence-electron chi connectivity index (χ2n) is 5.86. The molecule has 1 atom stereocenters. The van der Waals surface area contributed by atoms with Crippen molar-refractivity contribution in [3.63, 3.8) is 0 Å². The number of hydrogen-bond acceptors (Lipinski definition) is 4. The third-order valence-corrected chi connectivity index (χ3v) is 4.49. The van der Waals surface area contributed by atoms with Crippen LogP contribution in [0.4, 0.5) is 4.79 Å². The van der Waals surface area contributed by atoms with E-state index in [-0.39, 0.29) is 6.09 Å². The Kier molecular flexibility index (Phi) is 2.98. The van der Waals surface area contributed by atoms with Gasteiger partial charge in [0.1, 0.15) is 18.1 Å². The fourth-order valence-corrected chi connectivity index (χ4v) is 3.36. The van der Waals surface area contributed by atoms with Crippen LogP contribution in [0.1, 0.15) is 16.7 Å². The average Bonchev–Trinajstić information content (AvgIpc) is 2.81. The van der Waals surface area contributed by atoms with E-state index in [0.717, 1.165) is 16.7 Å². The summed E-state index contributed by atoms with van der Waals surface area (Å²) in [6.45, 7) is 0.880. The van der Waals surface area contributed by atoms with E-state index in [1.165, 1.54) is 0 Å². The normalized spacial score (nSPS) is 22.0. The van der Waals surface area contributed by atoms with Crippen molar-refractivity contribution in [1.82, 2.24) is 4.90 Å². The molecular formula is C18H17NO4. The van der Waals surface area contributed by atoms with Crippen molar-refractivity contribution >= 4 is 6.09 Å². The number of ether oxygens (including phenoxy) is 3. The Morgan fingerprint density at radius 1 is 1.17 bits per heavy atom. The first-order valence-electron chi connectivity index (χ1n) is 7.48. The number of amides is 1. The van der Waals surface area contributed by atoms with Crippen LogP contribution in [0.25, 0.3) is 0 Å². The average molecular weight is 311 g/mol. The second kappa shape index (κ2) is 4.91. The fraction of sp³-hybridized carbons (Fsp3) is 0.278. The molecule has 1 saturated heterocycles. The highest BCUT2D eigenvalue weighted by molar-refractivity contribution is 5.73. The van der Waals surface area contributed by atoms with Crippen molar-refractivity contribution in [3.8, 4) is 11.5 Å². The maximum atomic E-state index is 12.2. The zero-order valence-electron chi connectivity index (χ0n) is 13.0. The Bertz CT molecular complexity index is 788. The summed E-state index contributed by atoms with van der Waals surface area (Å²) < 4.78 is 17.2. The Balaban J connectivity index is 2.01. The zero-order valence-corrected chi connectivity index (χ0v) is 13.0. The quantitative estimate of drug-likeness (QED) is 0.812. The molecule has 2 aliphatic rings. The van der Waals surface area contributed by atoms with Crippen LogP contribution < -0.4 is 9.47 Å². The predicted octanol–water partition coefficient (Wildman–Crippen LogP) is 2.91. The molecular weight excluding hydrogens is 294 g/mol. The van der Waals surface area contributed by atoms with E-state index in [0.29, 0.717) is 24.7 Å². The molecule has 5 nitrogen and oxygen atoms in total. The Labute approximate surface area is 134 Å². The molecule has 5 heteroatoms. The van der Waals surface area contributed by atoms with Crippen LogP contribution in [0.3, 0.4) is 0 Å². The van der Waals surface area contributed by atoms with Crippen LogP contribution in [0.15, 0.2) is 42.5 Å². The van der Waals surface area contributed by atoms with Crippen LogP contribution >= 0.6 is 0 Å². The van der Waals surface area contributed by atoms with Gasteiger partial charge in [-0.25, -0.2) is 4.79 Å². The lowest BCUT2D eigenvalue weighted by Crippen LogP contribution is -2.32. The van der Waals surface area contributed by atoms with Crippen molar-refractivity contribution in [3.05, 3.63) is 59.2 Å². The molecule has 4 rings (SSSR count). The highest BCUT2D eigenvalue weighted by atomic mass is 16.6. The molecule has 0 aliphatic carbocycles. The maximum Gasteiger partial charge on any atom is 0.410 e. The Hall–Kier alpha value is -2.69. The van der Waals surface area contributed by atoms with Crippen molar-refractivity contribution in [1.29, 1.82) is 0 Å². The van der Waals surface area contributed by atoms with Crippen molar-refractivity contribution < 1.29 is 19.0 Å². The smallest absolute Gasteiger partial charge is 0.410 e. The van der Waals surface area contributed by atoms with Gasteiger partial charge in [0.2, 0.25) is 0 Å². The molecule has 0 N–H and O–H groups in total. The minimum Gasteiger partial charge on any atom is -0.497 e. The number of carbonyl (C=O) groups is 1. The van der Waals surface area contributed by atoms with E-state index in [1.54, 1.807) is 19.1 Å². The number of carbonyl (C=O) groups excluding carboxylic acids is 1. The van der Waals surface area contributed by atoms with E-state index < -0.39 is 5.60 Å². The molecule has 23 heavy (non-hydrogen) atoms. The summed E-state index contributed by atoms with van der Waals surface area (Å²) in [7, 11) is 3.36.